The van der Waals surface area contributed by atoms with Crippen molar-refractivity contribution >= 4 is 0 Å². The molecule has 2 rings (SSSR count). The van der Waals surface area contributed by atoms with Gasteiger partial charge < -0.3 is 14.6 Å². The second-order valence-corrected chi connectivity index (χ2v) is 5.20. The maximum atomic E-state index is 10.8. The van der Waals surface area contributed by atoms with E-state index in [1.807, 2.05) is 31.2 Å². The summed E-state index contributed by atoms with van der Waals surface area (Å²) < 4.78 is 11.3. The third-order valence-corrected chi connectivity index (χ3v) is 4.06. The molecular formula is C16H24O3. The number of methoxy groups -OCH3 is 1. The molecule has 1 aliphatic rings. The first-order chi connectivity index (χ1) is 9.23. The molecule has 1 aromatic rings. The van der Waals surface area contributed by atoms with Crippen molar-refractivity contribution < 1.29 is 14.6 Å². The van der Waals surface area contributed by atoms with Crippen molar-refractivity contribution in [3.63, 3.8) is 0 Å². The van der Waals surface area contributed by atoms with Gasteiger partial charge in [-0.25, -0.2) is 0 Å². The highest BCUT2D eigenvalue weighted by atomic mass is 16.5. The molecule has 0 heterocycles. The molecule has 1 aliphatic carbocycles. The average Bonchev–Trinajstić information content (AvgIpc) is 2.47. The van der Waals surface area contributed by atoms with E-state index in [0.717, 1.165) is 37.0 Å². The van der Waals surface area contributed by atoms with Crippen LogP contribution in [-0.4, -0.2) is 24.4 Å². The topological polar surface area (TPSA) is 38.7 Å². The van der Waals surface area contributed by atoms with Gasteiger partial charge in [0.1, 0.15) is 11.9 Å². The molecule has 106 valence electrons. The van der Waals surface area contributed by atoms with Gasteiger partial charge in [0.05, 0.1) is 12.7 Å². The van der Waals surface area contributed by atoms with E-state index in [0.29, 0.717) is 6.61 Å². The van der Waals surface area contributed by atoms with Crippen molar-refractivity contribution in [1.82, 2.24) is 0 Å². The quantitative estimate of drug-likeness (QED) is 0.885. The Bertz CT molecular complexity index is 391. The first-order valence-electron chi connectivity index (χ1n) is 7.18. The van der Waals surface area contributed by atoms with Crippen molar-refractivity contribution in [3.05, 3.63) is 29.8 Å². The van der Waals surface area contributed by atoms with Gasteiger partial charge in [-0.1, -0.05) is 37.5 Å². The Morgan fingerprint density at radius 2 is 1.89 bits per heavy atom. The summed E-state index contributed by atoms with van der Waals surface area (Å²) in [5.74, 6) is 0.736. The third-order valence-electron chi connectivity index (χ3n) is 4.06. The highest BCUT2D eigenvalue weighted by Crippen LogP contribution is 2.43. The predicted octanol–water partition coefficient (Wildman–Crippen LogP) is 3.47. The smallest absolute Gasteiger partial charge is 0.124 e. The lowest BCUT2D eigenvalue weighted by molar-refractivity contribution is -0.142. The Morgan fingerprint density at radius 3 is 2.53 bits per heavy atom. The minimum atomic E-state index is -0.621. The molecule has 1 N–H and O–H groups in total. The van der Waals surface area contributed by atoms with Crippen LogP contribution in [0.3, 0.4) is 0 Å². The molecule has 0 saturated heterocycles. The summed E-state index contributed by atoms with van der Waals surface area (Å²) in [7, 11) is 1.64. The molecule has 3 heteroatoms. The standard InChI is InChI=1S/C16H24O3/c1-3-19-16(11-7-4-8-12-16)15(17)13-9-5-6-10-14(13)18-2/h5-6,9-10,15,17H,3-4,7-8,11-12H2,1-2H3. The van der Waals surface area contributed by atoms with Crippen molar-refractivity contribution in [2.75, 3.05) is 13.7 Å². The lowest BCUT2D eigenvalue weighted by Gasteiger charge is -2.41. The number of aliphatic hydroxyl groups is 1. The summed E-state index contributed by atoms with van der Waals surface area (Å²) in [6.07, 6.45) is 4.68. The molecule has 0 aromatic heterocycles. The van der Waals surface area contributed by atoms with Gasteiger partial charge in [0, 0.05) is 12.2 Å². The van der Waals surface area contributed by atoms with Crippen LogP contribution in [-0.2, 0) is 4.74 Å². The Labute approximate surface area is 115 Å². The van der Waals surface area contributed by atoms with Crippen LogP contribution in [0.2, 0.25) is 0 Å². The van der Waals surface area contributed by atoms with E-state index in [1.54, 1.807) is 7.11 Å². The number of rotatable bonds is 5. The van der Waals surface area contributed by atoms with Gasteiger partial charge in [-0.05, 0) is 25.8 Å². The van der Waals surface area contributed by atoms with Crippen molar-refractivity contribution in [1.29, 1.82) is 0 Å². The van der Waals surface area contributed by atoms with Gasteiger partial charge in [-0.2, -0.15) is 0 Å². The number of ether oxygens (including phenoxy) is 2. The summed E-state index contributed by atoms with van der Waals surface area (Å²) in [5.41, 5.74) is 0.391. The van der Waals surface area contributed by atoms with Gasteiger partial charge >= 0.3 is 0 Å². The van der Waals surface area contributed by atoms with Gasteiger partial charge in [-0.3, -0.25) is 0 Å². The molecule has 1 atom stereocenters. The zero-order valence-corrected chi connectivity index (χ0v) is 11.9. The average molecular weight is 264 g/mol. The lowest BCUT2D eigenvalue weighted by atomic mass is 9.78. The molecule has 19 heavy (non-hydrogen) atoms. The summed E-state index contributed by atoms with van der Waals surface area (Å²) in [6, 6.07) is 7.67. The van der Waals surface area contributed by atoms with Crippen molar-refractivity contribution in [2.24, 2.45) is 0 Å². The van der Waals surface area contributed by atoms with Gasteiger partial charge in [0.25, 0.3) is 0 Å². The van der Waals surface area contributed by atoms with Crippen LogP contribution >= 0.6 is 0 Å². The number of hydrogen-bond acceptors (Lipinski definition) is 3. The second-order valence-electron chi connectivity index (χ2n) is 5.20. The molecule has 3 nitrogen and oxygen atoms in total. The fourth-order valence-electron chi connectivity index (χ4n) is 3.11. The first-order valence-corrected chi connectivity index (χ1v) is 7.18. The summed E-state index contributed by atoms with van der Waals surface area (Å²) >= 11 is 0. The number of benzene rings is 1. The Balaban J connectivity index is 2.30. The largest absolute Gasteiger partial charge is 0.496 e. The minimum Gasteiger partial charge on any atom is -0.496 e. The van der Waals surface area contributed by atoms with E-state index in [2.05, 4.69) is 0 Å². The van der Waals surface area contributed by atoms with Crippen molar-refractivity contribution in [2.45, 2.75) is 50.7 Å². The number of para-hydroxylation sites is 1. The van der Waals surface area contributed by atoms with Crippen LogP contribution < -0.4 is 4.74 Å². The highest BCUT2D eigenvalue weighted by molar-refractivity contribution is 5.36. The Kier molecular flexibility index (Phi) is 4.83. The van der Waals surface area contributed by atoms with Crippen LogP contribution in [0.4, 0.5) is 0 Å². The lowest BCUT2D eigenvalue weighted by Crippen LogP contribution is -2.41. The van der Waals surface area contributed by atoms with Crippen LogP contribution in [0.15, 0.2) is 24.3 Å². The molecule has 1 unspecified atom stereocenters. The zero-order chi connectivity index (χ0) is 13.7. The molecule has 0 spiro atoms. The molecule has 0 bridgehead atoms. The minimum absolute atomic E-state index is 0.443. The molecule has 0 radical (unpaired) electrons. The highest BCUT2D eigenvalue weighted by Gasteiger charge is 2.41. The molecule has 1 saturated carbocycles. The summed E-state index contributed by atoms with van der Waals surface area (Å²) in [6.45, 7) is 2.62. The third kappa shape index (κ3) is 2.93. The van der Waals surface area contributed by atoms with E-state index >= 15 is 0 Å². The van der Waals surface area contributed by atoms with Gasteiger partial charge in [0.2, 0.25) is 0 Å². The van der Waals surface area contributed by atoms with Gasteiger partial charge in [-0.15, -0.1) is 0 Å². The maximum Gasteiger partial charge on any atom is 0.124 e. The molecule has 1 fully saturated rings. The number of aliphatic hydroxyl groups excluding tert-OH is 1. The predicted molar refractivity (Wildman–Crippen MR) is 75.4 cm³/mol. The van der Waals surface area contributed by atoms with Crippen LogP contribution in [0, 0.1) is 0 Å². The number of hydrogen-bond donors (Lipinski definition) is 1. The van der Waals surface area contributed by atoms with E-state index in [9.17, 15) is 5.11 Å². The maximum absolute atomic E-state index is 10.8. The van der Waals surface area contributed by atoms with E-state index in [-0.39, 0.29) is 0 Å². The monoisotopic (exact) mass is 264 g/mol. The second kappa shape index (κ2) is 6.40. The summed E-state index contributed by atoms with van der Waals surface area (Å²) in [5, 5.41) is 10.8. The fourth-order valence-corrected chi connectivity index (χ4v) is 3.11. The SMILES string of the molecule is CCOC1(C(O)c2ccccc2OC)CCCCC1. The van der Waals surface area contributed by atoms with E-state index < -0.39 is 11.7 Å². The van der Waals surface area contributed by atoms with E-state index in [1.165, 1.54) is 6.42 Å². The summed E-state index contributed by atoms with van der Waals surface area (Å²) in [4.78, 5) is 0. The Morgan fingerprint density at radius 1 is 1.21 bits per heavy atom. The van der Waals surface area contributed by atoms with Crippen LogP contribution in [0.1, 0.15) is 50.7 Å². The zero-order valence-electron chi connectivity index (χ0n) is 11.9. The van der Waals surface area contributed by atoms with Gasteiger partial charge in [0.15, 0.2) is 0 Å². The van der Waals surface area contributed by atoms with Crippen molar-refractivity contribution in [3.8, 4) is 5.75 Å². The Hall–Kier alpha value is -1.06. The normalized spacial score (nSPS) is 19.9. The molecule has 0 aliphatic heterocycles. The first kappa shape index (κ1) is 14.4. The van der Waals surface area contributed by atoms with Crippen LogP contribution in [0.5, 0.6) is 5.75 Å². The molecular weight excluding hydrogens is 240 g/mol. The van der Waals surface area contributed by atoms with E-state index in [4.69, 9.17) is 9.47 Å². The fraction of sp³-hybridized carbons (Fsp3) is 0.625. The molecule has 1 aromatic carbocycles. The van der Waals surface area contributed by atoms with Crippen LogP contribution in [0.25, 0.3) is 0 Å². The molecule has 0 amide bonds.